The molecule has 2 rings (SSSR count). The zero-order valence-electron chi connectivity index (χ0n) is 10.9. The molecule has 1 aromatic rings. The maximum atomic E-state index is 9.77. The standard InChI is InChI=1S/C13H20ClN3O/c1-17(2)8-12-10(3-4-13(14)16-12)11-7-9(18)5-6-15-11/h3-4,9,11,15,18H,5-8H2,1-2H3. The van der Waals surface area contributed by atoms with Gasteiger partial charge >= 0.3 is 0 Å². The molecule has 0 aromatic carbocycles. The number of aromatic nitrogens is 1. The fourth-order valence-corrected chi connectivity index (χ4v) is 2.53. The molecule has 100 valence electrons. The topological polar surface area (TPSA) is 48.4 Å². The third-order valence-corrected chi connectivity index (χ3v) is 3.40. The SMILES string of the molecule is CN(C)Cc1nc(Cl)ccc1C1CC(O)CCN1. The molecule has 2 heterocycles. The normalized spacial score (nSPS) is 24.5. The van der Waals surface area contributed by atoms with E-state index in [-0.39, 0.29) is 12.1 Å². The summed E-state index contributed by atoms with van der Waals surface area (Å²) >= 11 is 5.97. The molecule has 0 spiro atoms. The number of nitrogens with zero attached hydrogens (tertiary/aromatic N) is 2. The first kappa shape index (κ1) is 13.7. The van der Waals surface area contributed by atoms with Gasteiger partial charge in [0.2, 0.25) is 0 Å². The molecule has 5 heteroatoms. The van der Waals surface area contributed by atoms with Gasteiger partial charge in [0.25, 0.3) is 0 Å². The lowest BCUT2D eigenvalue weighted by atomic mass is 9.94. The summed E-state index contributed by atoms with van der Waals surface area (Å²) in [6.45, 7) is 1.60. The van der Waals surface area contributed by atoms with Crippen LogP contribution in [-0.2, 0) is 6.54 Å². The van der Waals surface area contributed by atoms with Gasteiger partial charge in [-0.3, -0.25) is 0 Å². The van der Waals surface area contributed by atoms with Gasteiger partial charge < -0.3 is 15.3 Å². The first-order valence-electron chi connectivity index (χ1n) is 6.27. The Hall–Kier alpha value is -0.680. The smallest absolute Gasteiger partial charge is 0.129 e. The van der Waals surface area contributed by atoms with Crippen LogP contribution in [0, 0.1) is 0 Å². The summed E-state index contributed by atoms with van der Waals surface area (Å²) in [4.78, 5) is 6.49. The zero-order chi connectivity index (χ0) is 13.1. The van der Waals surface area contributed by atoms with Crippen LogP contribution < -0.4 is 5.32 Å². The number of aliphatic hydroxyl groups is 1. The zero-order valence-corrected chi connectivity index (χ0v) is 11.6. The predicted molar refractivity (Wildman–Crippen MR) is 72.6 cm³/mol. The highest BCUT2D eigenvalue weighted by Crippen LogP contribution is 2.26. The maximum absolute atomic E-state index is 9.77. The summed E-state index contributed by atoms with van der Waals surface area (Å²) in [6, 6.07) is 4.01. The van der Waals surface area contributed by atoms with Crippen LogP contribution in [0.25, 0.3) is 0 Å². The largest absolute Gasteiger partial charge is 0.393 e. The van der Waals surface area contributed by atoms with Crippen molar-refractivity contribution in [1.82, 2.24) is 15.2 Å². The van der Waals surface area contributed by atoms with Crippen molar-refractivity contribution in [2.45, 2.75) is 31.5 Å². The van der Waals surface area contributed by atoms with E-state index in [9.17, 15) is 5.11 Å². The van der Waals surface area contributed by atoms with Gasteiger partial charge in [-0.15, -0.1) is 0 Å². The van der Waals surface area contributed by atoms with Crippen molar-refractivity contribution in [3.8, 4) is 0 Å². The third kappa shape index (κ3) is 3.42. The molecule has 2 atom stereocenters. The molecule has 0 radical (unpaired) electrons. The summed E-state index contributed by atoms with van der Waals surface area (Å²) in [7, 11) is 4.02. The van der Waals surface area contributed by atoms with Crippen molar-refractivity contribution >= 4 is 11.6 Å². The highest BCUT2D eigenvalue weighted by molar-refractivity contribution is 6.29. The van der Waals surface area contributed by atoms with Crippen molar-refractivity contribution in [2.24, 2.45) is 0 Å². The van der Waals surface area contributed by atoms with Gasteiger partial charge in [0, 0.05) is 12.6 Å². The monoisotopic (exact) mass is 269 g/mol. The van der Waals surface area contributed by atoms with Gasteiger partial charge in [0.05, 0.1) is 11.8 Å². The van der Waals surface area contributed by atoms with Crippen molar-refractivity contribution in [2.75, 3.05) is 20.6 Å². The average molecular weight is 270 g/mol. The highest BCUT2D eigenvalue weighted by atomic mass is 35.5. The van der Waals surface area contributed by atoms with Gasteiger partial charge in [0.15, 0.2) is 0 Å². The minimum atomic E-state index is -0.223. The molecule has 4 nitrogen and oxygen atoms in total. The first-order chi connectivity index (χ1) is 8.56. The number of hydrogen-bond acceptors (Lipinski definition) is 4. The number of piperidine rings is 1. The number of halogens is 1. The van der Waals surface area contributed by atoms with Gasteiger partial charge in [-0.1, -0.05) is 17.7 Å². The first-order valence-corrected chi connectivity index (χ1v) is 6.65. The fourth-order valence-electron chi connectivity index (χ4n) is 2.36. The lowest BCUT2D eigenvalue weighted by Gasteiger charge is -2.29. The average Bonchev–Trinajstić information content (AvgIpc) is 2.28. The van der Waals surface area contributed by atoms with E-state index in [1.54, 1.807) is 0 Å². The second kappa shape index (κ2) is 5.97. The number of rotatable bonds is 3. The molecule has 2 unspecified atom stereocenters. The van der Waals surface area contributed by atoms with Crippen LogP contribution >= 0.6 is 11.6 Å². The Balaban J connectivity index is 2.25. The van der Waals surface area contributed by atoms with Crippen molar-refractivity contribution in [3.63, 3.8) is 0 Å². The second-order valence-electron chi connectivity index (χ2n) is 5.09. The minimum Gasteiger partial charge on any atom is -0.393 e. The van der Waals surface area contributed by atoms with Gasteiger partial charge in [0.1, 0.15) is 5.15 Å². The van der Waals surface area contributed by atoms with Crippen LogP contribution in [-0.4, -0.2) is 41.7 Å². The lowest BCUT2D eigenvalue weighted by molar-refractivity contribution is 0.116. The van der Waals surface area contributed by atoms with E-state index in [4.69, 9.17) is 11.6 Å². The third-order valence-electron chi connectivity index (χ3n) is 3.19. The molecule has 0 aliphatic carbocycles. The fraction of sp³-hybridized carbons (Fsp3) is 0.615. The van der Waals surface area contributed by atoms with Crippen molar-refractivity contribution < 1.29 is 5.11 Å². The Labute approximate surface area is 113 Å². The molecule has 0 amide bonds. The van der Waals surface area contributed by atoms with Gasteiger partial charge in [-0.25, -0.2) is 4.98 Å². The summed E-state index contributed by atoms with van der Waals surface area (Å²) in [6.07, 6.45) is 1.34. The van der Waals surface area contributed by atoms with E-state index in [1.807, 2.05) is 26.2 Å². The molecular weight excluding hydrogens is 250 g/mol. The molecule has 1 aliphatic heterocycles. The molecule has 1 saturated heterocycles. The van der Waals surface area contributed by atoms with E-state index in [2.05, 4.69) is 15.2 Å². The molecule has 1 aromatic heterocycles. The quantitative estimate of drug-likeness (QED) is 0.818. The van der Waals surface area contributed by atoms with Crippen molar-refractivity contribution in [1.29, 1.82) is 0 Å². The lowest BCUT2D eigenvalue weighted by Crippen LogP contribution is -2.35. The summed E-state index contributed by atoms with van der Waals surface area (Å²) < 4.78 is 0. The van der Waals surface area contributed by atoms with Gasteiger partial charge in [-0.05, 0) is 45.1 Å². The molecule has 0 saturated carbocycles. The van der Waals surface area contributed by atoms with Crippen LogP contribution in [0.2, 0.25) is 5.15 Å². The van der Waals surface area contributed by atoms with Crippen LogP contribution in [0.3, 0.4) is 0 Å². The van der Waals surface area contributed by atoms with E-state index in [0.717, 1.165) is 37.2 Å². The molecule has 18 heavy (non-hydrogen) atoms. The number of aliphatic hydroxyl groups excluding tert-OH is 1. The number of pyridine rings is 1. The molecular formula is C13H20ClN3O. The summed E-state index contributed by atoms with van der Waals surface area (Å²) in [5, 5.41) is 13.7. The summed E-state index contributed by atoms with van der Waals surface area (Å²) in [5.41, 5.74) is 2.13. The van der Waals surface area contributed by atoms with E-state index < -0.39 is 0 Å². The van der Waals surface area contributed by atoms with E-state index in [1.165, 1.54) is 0 Å². The number of hydrogen-bond donors (Lipinski definition) is 2. The Morgan fingerprint density at radius 2 is 2.28 bits per heavy atom. The van der Waals surface area contributed by atoms with E-state index in [0.29, 0.717) is 5.15 Å². The Bertz CT molecular complexity index is 411. The van der Waals surface area contributed by atoms with Crippen LogP contribution in [0.5, 0.6) is 0 Å². The molecule has 2 N–H and O–H groups in total. The van der Waals surface area contributed by atoms with Crippen LogP contribution in [0.1, 0.15) is 30.1 Å². The number of nitrogens with one attached hydrogen (secondary N) is 1. The molecule has 1 aliphatic rings. The van der Waals surface area contributed by atoms with Crippen LogP contribution in [0.4, 0.5) is 0 Å². The van der Waals surface area contributed by atoms with Gasteiger partial charge in [-0.2, -0.15) is 0 Å². The second-order valence-corrected chi connectivity index (χ2v) is 5.48. The minimum absolute atomic E-state index is 0.175. The predicted octanol–water partition coefficient (Wildman–Crippen LogP) is 1.58. The van der Waals surface area contributed by atoms with E-state index >= 15 is 0 Å². The van der Waals surface area contributed by atoms with Crippen molar-refractivity contribution in [3.05, 3.63) is 28.5 Å². The highest BCUT2D eigenvalue weighted by Gasteiger charge is 2.23. The molecule has 0 bridgehead atoms. The summed E-state index contributed by atoms with van der Waals surface area (Å²) in [5.74, 6) is 0. The Morgan fingerprint density at radius 1 is 1.50 bits per heavy atom. The van der Waals surface area contributed by atoms with Crippen LogP contribution in [0.15, 0.2) is 12.1 Å². The maximum Gasteiger partial charge on any atom is 0.129 e. The Kier molecular flexibility index (Phi) is 4.56. The Morgan fingerprint density at radius 3 is 2.94 bits per heavy atom. The molecule has 1 fully saturated rings.